The van der Waals surface area contributed by atoms with E-state index in [-0.39, 0.29) is 23.5 Å². The van der Waals surface area contributed by atoms with Crippen molar-refractivity contribution in [3.8, 4) is 0 Å². The van der Waals surface area contributed by atoms with Crippen molar-refractivity contribution in [1.82, 2.24) is 4.90 Å². The second-order valence-electron chi connectivity index (χ2n) is 7.67. The van der Waals surface area contributed by atoms with Gasteiger partial charge in [0.15, 0.2) is 0 Å². The number of ether oxygens (including phenoxy) is 2. The molecule has 4 nitrogen and oxygen atoms in total. The van der Waals surface area contributed by atoms with E-state index in [4.69, 9.17) is 9.47 Å². The van der Waals surface area contributed by atoms with E-state index >= 15 is 0 Å². The lowest BCUT2D eigenvalue weighted by Crippen LogP contribution is -2.59. The Balaban J connectivity index is 1.69. The second-order valence-corrected chi connectivity index (χ2v) is 7.67. The maximum Gasteiger partial charge on any atom is 0.313 e. The van der Waals surface area contributed by atoms with Crippen molar-refractivity contribution in [2.45, 2.75) is 43.6 Å². The fraction of sp³-hybridized carbons (Fsp3) is 0.435. The van der Waals surface area contributed by atoms with E-state index in [1.807, 2.05) is 36.4 Å². The van der Waals surface area contributed by atoms with E-state index < -0.39 is 0 Å². The van der Waals surface area contributed by atoms with Crippen molar-refractivity contribution >= 4 is 5.97 Å². The van der Waals surface area contributed by atoms with Crippen LogP contribution in [0.2, 0.25) is 0 Å². The third-order valence-electron chi connectivity index (χ3n) is 6.46. The van der Waals surface area contributed by atoms with Crippen molar-refractivity contribution in [3.05, 3.63) is 71.8 Å². The number of methoxy groups -OCH3 is 1. The maximum atomic E-state index is 13.0. The fourth-order valence-electron chi connectivity index (χ4n) is 5.11. The summed E-state index contributed by atoms with van der Waals surface area (Å²) in [6.07, 6.45) is 2.73. The SMILES string of the molecule is COC(=O)[C@H]1[C@@H](OCc2ccccc2)C[C@@H]2CC[C@@]1(c1ccccc1)N2C. The van der Waals surface area contributed by atoms with Gasteiger partial charge in [0, 0.05) is 6.04 Å². The molecule has 0 aromatic heterocycles. The number of nitrogens with zero attached hydrogens (tertiary/aromatic N) is 1. The quantitative estimate of drug-likeness (QED) is 0.757. The lowest BCUT2D eigenvalue weighted by molar-refractivity contribution is -0.170. The van der Waals surface area contributed by atoms with Gasteiger partial charge >= 0.3 is 5.97 Å². The Morgan fingerprint density at radius 1 is 1.11 bits per heavy atom. The van der Waals surface area contributed by atoms with Gasteiger partial charge in [0.2, 0.25) is 0 Å². The lowest BCUT2D eigenvalue weighted by Gasteiger charge is -2.50. The largest absolute Gasteiger partial charge is 0.469 e. The number of rotatable bonds is 5. The Morgan fingerprint density at radius 2 is 1.78 bits per heavy atom. The summed E-state index contributed by atoms with van der Waals surface area (Å²) in [6, 6.07) is 21.0. The van der Waals surface area contributed by atoms with Crippen LogP contribution in [0.15, 0.2) is 60.7 Å². The number of fused-ring (bicyclic) bond motifs is 2. The summed E-state index contributed by atoms with van der Waals surface area (Å²) in [5, 5.41) is 0. The van der Waals surface area contributed by atoms with Gasteiger partial charge < -0.3 is 9.47 Å². The molecule has 0 spiro atoms. The molecule has 0 saturated carbocycles. The van der Waals surface area contributed by atoms with Crippen molar-refractivity contribution < 1.29 is 14.3 Å². The minimum Gasteiger partial charge on any atom is -0.469 e. The maximum absolute atomic E-state index is 13.0. The van der Waals surface area contributed by atoms with Crippen molar-refractivity contribution in [1.29, 1.82) is 0 Å². The molecule has 2 saturated heterocycles. The molecule has 2 aromatic carbocycles. The van der Waals surface area contributed by atoms with Crippen molar-refractivity contribution in [3.63, 3.8) is 0 Å². The van der Waals surface area contributed by atoms with Crippen molar-refractivity contribution in [2.24, 2.45) is 5.92 Å². The Morgan fingerprint density at radius 3 is 2.44 bits per heavy atom. The zero-order chi connectivity index (χ0) is 18.9. The highest BCUT2D eigenvalue weighted by Gasteiger charge is 2.60. The topological polar surface area (TPSA) is 38.8 Å². The van der Waals surface area contributed by atoms with Crippen LogP contribution in [0.1, 0.15) is 30.4 Å². The van der Waals surface area contributed by atoms with Crippen LogP contribution in [-0.4, -0.2) is 37.2 Å². The van der Waals surface area contributed by atoms with Crippen LogP contribution in [0.5, 0.6) is 0 Å². The third-order valence-corrected chi connectivity index (χ3v) is 6.46. The van der Waals surface area contributed by atoms with E-state index in [1.165, 1.54) is 12.7 Å². The smallest absolute Gasteiger partial charge is 0.313 e. The van der Waals surface area contributed by atoms with Gasteiger partial charge in [-0.2, -0.15) is 0 Å². The Labute approximate surface area is 161 Å². The van der Waals surface area contributed by atoms with Gasteiger partial charge in [-0.1, -0.05) is 60.7 Å². The fourth-order valence-corrected chi connectivity index (χ4v) is 5.11. The molecular formula is C23H27NO3. The van der Waals surface area contributed by atoms with E-state index in [9.17, 15) is 4.79 Å². The van der Waals surface area contributed by atoms with Gasteiger partial charge in [0.25, 0.3) is 0 Å². The van der Waals surface area contributed by atoms with E-state index in [1.54, 1.807) is 0 Å². The summed E-state index contributed by atoms with van der Waals surface area (Å²) in [5.41, 5.74) is 1.94. The van der Waals surface area contributed by atoms with Gasteiger partial charge in [-0.05, 0) is 37.4 Å². The highest BCUT2D eigenvalue weighted by atomic mass is 16.5. The summed E-state index contributed by atoms with van der Waals surface area (Å²) < 4.78 is 11.6. The summed E-state index contributed by atoms with van der Waals surface area (Å²) in [5.74, 6) is -0.513. The molecule has 0 N–H and O–H groups in total. The number of piperidine rings is 1. The summed E-state index contributed by atoms with van der Waals surface area (Å²) in [6.45, 7) is 0.514. The molecule has 2 aliphatic rings. The Kier molecular flexibility index (Phi) is 5.02. The third kappa shape index (κ3) is 3.07. The van der Waals surface area contributed by atoms with Gasteiger partial charge in [-0.3, -0.25) is 9.69 Å². The first kappa shape index (κ1) is 18.2. The number of carbonyl (C=O) groups excluding carboxylic acids is 1. The highest BCUT2D eigenvalue weighted by Crippen LogP contribution is 2.54. The molecule has 2 bridgehead atoms. The predicted molar refractivity (Wildman–Crippen MR) is 104 cm³/mol. The molecule has 0 amide bonds. The minimum atomic E-state index is -0.362. The Bertz CT molecular complexity index is 779. The van der Waals surface area contributed by atoms with E-state index in [0.717, 1.165) is 24.8 Å². The molecule has 0 radical (unpaired) electrons. The van der Waals surface area contributed by atoms with Gasteiger partial charge in [-0.25, -0.2) is 0 Å². The van der Waals surface area contributed by atoms with Crippen molar-refractivity contribution in [2.75, 3.05) is 14.2 Å². The number of esters is 1. The van der Waals surface area contributed by atoms with Crippen LogP contribution < -0.4 is 0 Å². The van der Waals surface area contributed by atoms with Crippen LogP contribution in [0, 0.1) is 5.92 Å². The van der Waals surface area contributed by atoms with Gasteiger partial charge in [-0.15, -0.1) is 0 Å². The van der Waals surface area contributed by atoms with Crippen LogP contribution >= 0.6 is 0 Å². The molecule has 4 heteroatoms. The minimum absolute atomic E-state index is 0.151. The zero-order valence-corrected chi connectivity index (χ0v) is 16.0. The van der Waals surface area contributed by atoms with Crippen LogP contribution in [-0.2, 0) is 26.4 Å². The van der Waals surface area contributed by atoms with E-state index in [2.05, 4.69) is 36.2 Å². The van der Waals surface area contributed by atoms with E-state index in [0.29, 0.717) is 12.6 Å². The number of benzene rings is 2. The zero-order valence-electron chi connectivity index (χ0n) is 16.0. The molecular weight excluding hydrogens is 338 g/mol. The molecule has 27 heavy (non-hydrogen) atoms. The van der Waals surface area contributed by atoms with Crippen LogP contribution in [0.4, 0.5) is 0 Å². The molecule has 2 fully saturated rings. The second kappa shape index (κ2) is 7.45. The molecule has 4 rings (SSSR count). The highest BCUT2D eigenvalue weighted by molar-refractivity contribution is 5.76. The molecule has 2 aromatic rings. The normalized spacial score (nSPS) is 30.2. The monoisotopic (exact) mass is 365 g/mol. The van der Waals surface area contributed by atoms with Crippen LogP contribution in [0.3, 0.4) is 0 Å². The molecule has 0 aliphatic carbocycles. The summed E-state index contributed by atoms with van der Waals surface area (Å²) in [4.78, 5) is 15.4. The first-order valence-corrected chi connectivity index (χ1v) is 9.68. The van der Waals surface area contributed by atoms with Gasteiger partial charge in [0.1, 0.15) is 5.92 Å². The summed E-state index contributed by atoms with van der Waals surface area (Å²) >= 11 is 0. The first-order valence-electron chi connectivity index (χ1n) is 9.68. The van der Waals surface area contributed by atoms with Crippen LogP contribution in [0.25, 0.3) is 0 Å². The lowest BCUT2D eigenvalue weighted by atomic mass is 9.71. The molecule has 2 heterocycles. The standard InChI is InChI=1S/C23H27NO3/c1-24-19-13-14-23(24,18-11-7-4-8-12-18)21(22(25)26-2)20(15-19)27-16-17-9-5-3-6-10-17/h3-12,19-21H,13-16H2,1-2H3/t19-,20-,21+,23-/m0/s1. The molecule has 142 valence electrons. The predicted octanol–water partition coefficient (Wildman–Crippen LogP) is 3.75. The summed E-state index contributed by atoms with van der Waals surface area (Å²) in [7, 11) is 3.63. The number of hydrogen-bond donors (Lipinski definition) is 0. The molecule has 2 aliphatic heterocycles. The average Bonchev–Trinajstić information content (AvgIpc) is 2.94. The number of carbonyl (C=O) groups is 1. The molecule has 0 unspecified atom stereocenters. The van der Waals surface area contributed by atoms with Gasteiger partial charge in [0.05, 0.1) is 25.4 Å². The molecule has 4 atom stereocenters. The Hall–Kier alpha value is -2.17. The first-order chi connectivity index (χ1) is 13.2. The number of hydrogen-bond acceptors (Lipinski definition) is 4. The average molecular weight is 365 g/mol.